The number of hydrogen-bond donors (Lipinski definition) is 2. The van der Waals surface area contributed by atoms with Gasteiger partial charge in [0.2, 0.25) is 5.91 Å². The lowest BCUT2D eigenvalue weighted by molar-refractivity contribution is -0.113. The van der Waals surface area contributed by atoms with Crippen molar-refractivity contribution in [3.05, 3.63) is 48.0 Å². The number of benzene rings is 2. The van der Waals surface area contributed by atoms with Crippen molar-refractivity contribution >= 4 is 23.4 Å². The predicted octanol–water partition coefficient (Wildman–Crippen LogP) is 3.44. The van der Waals surface area contributed by atoms with Crippen LogP contribution < -0.4 is 10.1 Å². The van der Waals surface area contributed by atoms with E-state index in [1.54, 1.807) is 31.4 Å². The Hall–Kier alpha value is -2.14. The van der Waals surface area contributed by atoms with E-state index in [-0.39, 0.29) is 11.7 Å². The molecule has 2 rings (SSSR count). The van der Waals surface area contributed by atoms with Gasteiger partial charge in [0.15, 0.2) is 0 Å². The second kappa shape index (κ2) is 7.04. The monoisotopic (exact) mass is 303 g/mol. The van der Waals surface area contributed by atoms with Crippen LogP contribution in [0.3, 0.4) is 0 Å². The van der Waals surface area contributed by atoms with Crippen molar-refractivity contribution in [1.29, 1.82) is 0 Å². The van der Waals surface area contributed by atoms with E-state index in [0.717, 1.165) is 10.5 Å². The smallest absolute Gasteiger partial charge is 0.234 e. The highest BCUT2D eigenvalue weighted by Crippen LogP contribution is 2.26. The van der Waals surface area contributed by atoms with Crippen molar-refractivity contribution in [1.82, 2.24) is 0 Å². The first-order valence-electron chi connectivity index (χ1n) is 6.45. The molecule has 0 unspecified atom stereocenters. The summed E-state index contributed by atoms with van der Waals surface area (Å²) in [5.74, 6) is 1.05. The molecule has 0 aliphatic heterocycles. The first-order chi connectivity index (χ1) is 10.1. The van der Waals surface area contributed by atoms with Gasteiger partial charge in [0.1, 0.15) is 11.5 Å². The van der Waals surface area contributed by atoms with E-state index < -0.39 is 0 Å². The molecule has 0 saturated carbocycles. The van der Waals surface area contributed by atoms with Gasteiger partial charge in [0.25, 0.3) is 0 Å². The van der Waals surface area contributed by atoms with Gasteiger partial charge in [-0.3, -0.25) is 4.79 Å². The predicted molar refractivity (Wildman–Crippen MR) is 85.2 cm³/mol. The third-order valence-corrected chi connectivity index (χ3v) is 3.85. The third kappa shape index (κ3) is 4.43. The lowest BCUT2D eigenvalue weighted by Crippen LogP contribution is -2.14. The molecular weight excluding hydrogens is 286 g/mol. The van der Waals surface area contributed by atoms with Crippen LogP contribution in [0.15, 0.2) is 47.4 Å². The van der Waals surface area contributed by atoms with E-state index in [9.17, 15) is 9.90 Å². The molecule has 2 aromatic carbocycles. The number of amides is 1. The quantitative estimate of drug-likeness (QED) is 0.831. The molecule has 2 aromatic rings. The molecule has 1 amide bonds. The van der Waals surface area contributed by atoms with Gasteiger partial charge in [-0.2, -0.15) is 0 Å². The number of methoxy groups -OCH3 is 1. The molecule has 0 aliphatic rings. The van der Waals surface area contributed by atoms with Crippen LogP contribution >= 0.6 is 11.8 Å². The van der Waals surface area contributed by atoms with Crippen molar-refractivity contribution in [3.63, 3.8) is 0 Å². The Morgan fingerprint density at radius 1 is 1.24 bits per heavy atom. The molecule has 0 atom stereocenters. The van der Waals surface area contributed by atoms with Crippen molar-refractivity contribution in [2.24, 2.45) is 0 Å². The van der Waals surface area contributed by atoms with Gasteiger partial charge < -0.3 is 15.2 Å². The maximum absolute atomic E-state index is 12.0. The minimum absolute atomic E-state index is 0.100. The highest BCUT2D eigenvalue weighted by Gasteiger charge is 2.08. The number of anilines is 1. The van der Waals surface area contributed by atoms with Crippen LogP contribution in [0.5, 0.6) is 11.5 Å². The SMILES string of the molecule is COc1ccc(C)cc1NC(=O)CSc1ccc(O)cc1. The molecule has 0 radical (unpaired) electrons. The standard InChI is InChI=1S/C16H17NO3S/c1-11-3-8-15(20-2)14(9-11)17-16(19)10-21-13-6-4-12(18)5-7-13/h3-9,18H,10H2,1-2H3,(H,17,19). The second-order valence-electron chi connectivity index (χ2n) is 4.53. The van der Waals surface area contributed by atoms with Crippen LogP contribution in [-0.4, -0.2) is 23.9 Å². The topological polar surface area (TPSA) is 58.6 Å². The molecule has 0 fully saturated rings. The molecule has 5 heteroatoms. The fourth-order valence-electron chi connectivity index (χ4n) is 1.80. The number of nitrogens with one attached hydrogen (secondary N) is 1. The summed E-state index contributed by atoms with van der Waals surface area (Å²) >= 11 is 1.41. The van der Waals surface area contributed by atoms with Crippen molar-refractivity contribution in [2.75, 3.05) is 18.2 Å². The zero-order chi connectivity index (χ0) is 15.2. The van der Waals surface area contributed by atoms with Crippen molar-refractivity contribution < 1.29 is 14.6 Å². The molecule has 21 heavy (non-hydrogen) atoms. The van der Waals surface area contributed by atoms with Crippen LogP contribution in [0.2, 0.25) is 0 Å². The molecule has 4 nitrogen and oxygen atoms in total. The zero-order valence-electron chi connectivity index (χ0n) is 11.9. The van der Waals surface area contributed by atoms with Crippen LogP contribution in [0, 0.1) is 6.92 Å². The third-order valence-electron chi connectivity index (χ3n) is 2.84. The molecule has 0 spiro atoms. The second-order valence-corrected chi connectivity index (χ2v) is 5.58. The number of aryl methyl sites for hydroxylation is 1. The van der Waals surface area contributed by atoms with E-state index >= 15 is 0 Å². The van der Waals surface area contributed by atoms with Crippen molar-refractivity contribution in [2.45, 2.75) is 11.8 Å². The zero-order valence-corrected chi connectivity index (χ0v) is 12.7. The molecule has 0 saturated heterocycles. The maximum Gasteiger partial charge on any atom is 0.234 e. The summed E-state index contributed by atoms with van der Waals surface area (Å²) in [5.41, 5.74) is 1.73. The Kier molecular flexibility index (Phi) is 5.11. The van der Waals surface area contributed by atoms with E-state index in [4.69, 9.17) is 4.74 Å². The molecule has 2 N–H and O–H groups in total. The number of aromatic hydroxyl groups is 1. The van der Waals surface area contributed by atoms with E-state index in [0.29, 0.717) is 17.2 Å². The summed E-state index contributed by atoms with van der Waals surface area (Å²) in [6, 6.07) is 12.4. The molecular formula is C16H17NO3S. The van der Waals surface area contributed by atoms with Crippen LogP contribution in [0.4, 0.5) is 5.69 Å². The summed E-state index contributed by atoms with van der Waals surface area (Å²) in [5, 5.41) is 12.1. The van der Waals surface area contributed by atoms with Crippen LogP contribution in [0.25, 0.3) is 0 Å². The van der Waals surface area contributed by atoms with Gasteiger partial charge in [-0.25, -0.2) is 0 Å². The Morgan fingerprint density at radius 2 is 1.95 bits per heavy atom. The number of carbonyl (C=O) groups excluding carboxylic acids is 1. The van der Waals surface area contributed by atoms with Gasteiger partial charge in [0, 0.05) is 4.90 Å². The van der Waals surface area contributed by atoms with Gasteiger partial charge in [-0.1, -0.05) is 6.07 Å². The lowest BCUT2D eigenvalue weighted by atomic mass is 10.2. The first-order valence-corrected chi connectivity index (χ1v) is 7.43. The van der Waals surface area contributed by atoms with Gasteiger partial charge in [-0.15, -0.1) is 11.8 Å². The molecule has 0 heterocycles. The molecule has 0 aromatic heterocycles. The Balaban J connectivity index is 1.95. The number of rotatable bonds is 5. The first kappa shape index (κ1) is 15.3. The van der Waals surface area contributed by atoms with Gasteiger partial charge >= 0.3 is 0 Å². The minimum atomic E-state index is -0.100. The van der Waals surface area contributed by atoms with Gasteiger partial charge in [0.05, 0.1) is 18.6 Å². The minimum Gasteiger partial charge on any atom is -0.508 e. The number of thioether (sulfide) groups is 1. The molecule has 110 valence electrons. The highest BCUT2D eigenvalue weighted by molar-refractivity contribution is 8.00. The average molecular weight is 303 g/mol. The number of carbonyl (C=O) groups is 1. The van der Waals surface area contributed by atoms with Crippen molar-refractivity contribution in [3.8, 4) is 11.5 Å². The maximum atomic E-state index is 12.0. The summed E-state index contributed by atoms with van der Waals surface area (Å²) in [4.78, 5) is 12.9. The Labute approximate surface area is 128 Å². The van der Waals surface area contributed by atoms with E-state index in [2.05, 4.69) is 5.32 Å². The fraction of sp³-hybridized carbons (Fsp3) is 0.188. The van der Waals surface area contributed by atoms with Crippen LogP contribution in [0.1, 0.15) is 5.56 Å². The Morgan fingerprint density at radius 3 is 2.62 bits per heavy atom. The fourth-order valence-corrected chi connectivity index (χ4v) is 2.50. The Bertz CT molecular complexity index is 626. The van der Waals surface area contributed by atoms with Gasteiger partial charge in [-0.05, 0) is 48.9 Å². The molecule has 0 aliphatic carbocycles. The molecule has 0 bridgehead atoms. The van der Waals surface area contributed by atoms with Crippen LogP contribution in [-0.2, 0) is 4.79 Å². The van der Waals surface area contributed by atoms with E-state index in [1.165, 1.54) is 11.8 Å². The summed E-state index contributed by atoms with van der Waals surface area (Å²) in [6.45, 7) is 1.96. The summed E-state index contributed by atoms with van der Waals surface area (Å²) in [7, 11) is 1.57. The largest absolute Gasteiger partial charge is 0.508 e. The van der Waals surface area contributed by atoms with E-state index in [1.807, 2.05) is 25.1 Å². The average Bonchev–Trinajstić information content (AvgIpc) is 2.47. The number of hydrogen-bond acceptors (Lipinski definition) is 4. The summed E-state index contributed by atoms with van der Waals surface area (Å²) in [6.07, 6.45) is 0. The number of ether oxygens (including phenoxy) is 1. The normalized spacial score (nSPS) is 10.2. The summed E-state index contributed by atoms with van der Waals surface area (Å²) < 4.78 is 5.23. The number of phenolic OH excluding ortho intramolecular Hbond substituents is 1. The highest BCUT2D eigenvalue weighted by atomic mass is 32.2. The lowest BCUT2D eigenvalue weighted by Gasteiger charge is -2.11. The number of phenols is 1.